The lowest BCUT2D eigenvalue weighted by molar-refractivity contribution is -0.178. The number of aliphatic hydroxyl groups is 1. The lowest BCUT2D eigenvalue weighted by Gasteiger charge is -2.41. The highest BCUT2D eigenvalue weighted by molar-refractivity contribution is 7.87. The summed E-state index contributed by atoms with van der Waals surface area (Å²) in [6, 6.07) is 0. The second kappa shape index (κ2) is 8.61. The molecule has 190 valence electrons. The SMILES string of the molecule is CCC(O)(CC)C1C2CC3C(OC(=O)C31)C2OCC(=O)OCCC(F)(F)C(F)(F)S(=O)(=O)O. The van der Waals surface area contributed by atoms with E-state index < -0.39 is 82.5 Å². The molecule has 0 radical (unpaired) electrons. The Morgan fingerprint density at radius 2 is 1.79 bits per heavy atom. The quantitative estimate of drug-likeness (QED) is 0.244. The van der Waals surface area contributed by atoms with Crippen molar-refractivity contribution in [1.29, 1.82) is 0 Å². The van der Waals surface area contributed by atoms with Crippen molar-refractivity contribution in [3.8, 4) is 0 Å². The van der Waals surface area contributed by atoms with Gasteiger partial charge in [-0.25, -0.2) is 4.79 Å². The molecule has 2 bridgehead atoms. The van der Waals surface area contributed by atoms with Crippen molar-refractivity contribution in [1.82, 2.24) is 0 Å². The minimum atomic E-state index is -6.38. The molecule has 2 saturated carbocycles. The lowest BCUT2D eigenvalue weighted by atomic mass is 9.67. The van der Waals surface area contributed by atoms with Gasteiger partial charge in [0.1, 0.15) is 12.7 Å². The number of esters is 2. The third kappa shape index (κ3) is 4.23. The fraction of sp³-hybridized carbons (Fsp3) is 0.895. The van der Waals surface area contributed by atoms with Gasteiger partial charge in [0.2, 0.25) is 0 Å². The van der Waals surface area contributed by atoms with E-state index in [4.69, 9.17) is 14.0 Å². The number of carbonyl (C=O) groups is 2. The molecule has 2 aliphatic carbocycles. The zero-order valence-corrected chi connectivity index (χ0v) is 18.7. The van der Waals surface area contributed by atoms with Gasteiger partial charge in [0.25, 0.3) is 0 Å². The van der Waals surface area contributed by atoms with Gasteiger partial charge in [0, 0.05) is 11.8 Å². The van der Waals surface area contributed by atoms with Gasteiger partial charge in [-0.2, -0.15) is 26.0 Å². The average molecular weight is 506 g/mol. The van der Waals surface area contributed by atoms with Gasteiger partial charge in [-0.05, 0) is 25.2 Å². The normalized spacial score (nSPS) is 31.7. The topological polar surface area (TPSA) is 136 Å². The van der Waals surface area contributed by atoms with Crippen LogP contribution in [0.3, 0.4) is 0 Å². The van der Waals surface area contributed by atoms with E-state index in [0.29, 0.717) is 19.3 Å². The number of alkyl halides is 4. The van der Waals surface area contributed by atoms with Gasteiger partial charge >= 0.3 is 33.2 Å². The molecule has 0 aromatic rings. The Balaban J connectivity index is 1.57. The Bertz CT molecular complexity index is 890. The van der Waals surface area contributed by atoms with Gasteiger partial charge in [0.15, 0.2) is 0 Å². The summed E-state index contributed by atoms with van der Waals surface area (Å²) in [7, 11) is -6.38. The second-order valence-electron chi connectivity index (χ2n) is 8.77. The highest BCUT2D eigenvalue weighted by atomic mass is 32.2. The Labute approximate surface area is 187 Å². The lowest BCUT2D eigenvalue weighted by Crippen LogP contribution is -2.50. The summed E-state index contributed by atoms with van der Waals surface area (Å²) in [5.74, 6) is -8.17. The van der Waals surface area contributed by atoms with Crippen LogP contribution in [0.1, 0.15) is 39.5 Å². The minimum absolute atomic E-state index is 0.181. The van der Waals surface area contributed by atoms with E-state index >= 15 is 0 Å². The third-order valence-corrected chi connectivity index (χ3v) is 8.16. The molecule has 33 heavy (non-hydrogen) atoms. The predicted octanol–water partition coefficient (Wildman–Crippen LogP) is 1.78. The van der Waals surface area contributed by atoms with Crippen LogP contribution in [0.25, 0.3) is 0 Å². The zero-order valence-electron chi connectivity index (χ0n) is 17.9. The largest absolute Gasteiger partial charge is 0.464 e. The van der Waals surface area contributed by atoms with Crippen molar-refractivity contribution in [3.05, 3.63) is 0 Å². The number of hydrogen-bond donors (Lipinski definition) is 2. The van der Waals surface area contributed by atoms with Crippen molar-refractivity contribution in [2.75, 3.05) is 13.2 Å². The van der Waals surface area contributed by atoms with E-state index in [-0.39, 0.29) is 11.8 Å². The fourth-order valence-electron chi connectivity index (χ4n) is 5.50. The standard InChI is InChI=1S/C19H26F4O9S/c1-3-17(26,4-2)13-10-7-9-12(13)16(25)32-15(9)14(10)31-8-11(24)30-6-5-18(20,21)19(22,23)33(27,28)29/h9-10,12-15,26H,3-8H2,1-2H3,(H,27,28,29). The van der Waals surface area contributed by atoms with Crippen LogP contribution in [0.15, 0.2) is 0 Å². The fourth-order valence-corrected chi connectivity index (χ4v) is 5.98. The van der Waals surface area contributed by atoms with Gasteiger partial charge in [-0.3, -0.25) is 9.35 Å². The molecule has 6 unspecified atom stereocenters. The Morgan fingerprint density at radius 3 is 2.33 bits per heavy atom. The maximum atomic E-state index is 13.5. The summed E-state index contributed by atoms with van der Waals surface area (Å²) < 4.78 is 97.9. The second-order valence-corrected chi connectivity index (χ2v) is 10.2. The maximum Gasteiger partial charge on any atom is 0.431 e. The number of rotatable bonds is 11. The first kappa shape index (κ1) is 26.1. The van der Waals surface area contributed by atoms with Crippen LogP contribution in [-0.4, -0.2) is 72.2 Å². The molecule has 1 aliphatic heterocycles. The Hall–Kier alpha value is -1.51. The molecule has 2 N–H and O–H groups in total. The molecular weight excluding hydrogens is 480 g/mol. The van der Waals surface area contributed by atoms with Gasteiger partial charge in [-0.15, -0.1) is 0 Å². The summed E-state index contributed by atoms with van der Waals surface area (Å²) in [4.78, 5) is 24.3. The zero-order chi connectivity index (χ0) is 25.0. The van der Waals surface area contributed by atoms with Crippen molar-refractivity contribution >= 4 is 22.1 Å². The molecule has 1 saturated heterocycles. The molecule has 1 heterocycles. The Morgan fingerprint density at radius 1 is 1.18 bits per heavy atom. The summed E-state index contributed by atoms with van der Waals surface area (Å²) in [5, 5.41) is 5.30. The van der Waals surface area contributed by atoms with E-state index in [1.165, 1.54) is 0 Å². The van der Waals surface area contributed by atoms with Gasteiger partial charge in [-0.1, -0.05) is 13.8 Å². The molecule has 3 fully saturated rings. The number of ether oxygens (including phenoxy) is 3. The maximum absolute atomic E-state index is 13.5. The van der Waals surface area contributed by atoms with E-state index in [2.05, 4.69) is 4.74 Å². The van der Waals surface area contributed by atoms with Crippen LogP contribution >= 0.6 is 0 Å². The molecule has 3 aliphatic rings. The Kier molecular flexibility index (Phi) is 6.81. The van der Waals surface area contributed by atoms with Gasteiger partial charge in [0.05, 0.1) is 30.7 Å². The highest BCUT2D eigenvalue weighted by Gasteiger charge is 2.70. The number of fused-ring (bicyclic) bond motifs is 1. The first-order valence-electron chi connectivity index (χ1n) is 10.5. The molecule has 0 aromatic heterocycles. The smallest absolute Gasteiger partial charge is 0.431 e. The van der Waals surface area contributed by atoms with Crippen molar-refractivity contribution < 1.29 is 59.4 Å². The molecule has 14 heteroatoms. The molecule has 9 nitrogen and oxygen atoms in total. The first-order chi connectivity index (χ1) is 15.1. The first-order valence-corrected chi connectivity index (χ1v) is 12.0. The number of hydrogen-bond acceptors (Lipinski definition) is 8. The molecule has 0 amide bonds. The molecule has 3 rings (SSSR count). The third-order valence-electron chi connectivity index (χ3n) is 7.21. The van der Waals surface area contributed by atoms with E-state index in [0.717, 1.165) is 0 Å². The summed E-state index contributed by atoms with van der Waals surface area (Å²) >= 11 is 0. The predicted molar refractivity (Wildman–Crippen MR) is 101 cm³/mol. The van der Waals surface area contributed by atoms with Crippen molar-refractivity contribution in [2.24, 2.45) is 23.7 Å². The van der Waals surface area contributed by atoms with Crippen LogP contribution in [0.5, 0.6) is 0 Å². The highest BCUT2D eigenvalue weighted by Crippen LogP contribution is 2.62. The summed E-state index contributed by atoms with van der Waals surface area (Å²) in [6.07, 6.45) is -1.88. The molecule has 0 aromatic carbocycles. The number of halogens is 4. The van der Waals surface area contributed by atoms with E-state index in [1.54, 1.807) is 13.8 Å². The van der Waals surface area contributed by atoms with Crippen LogP contribution < -0.4 is 0 Å². The van der Waals surface area contributed by atoms with E-state index in [9.17, 15) is 40.7 Å². The van der Waals surface area contributed by atoms with Crippen molar-refractivity contribution in [2.45, 2.75) is 68.5 Å². The number of carbonyl (C=O) groups excluding carboxylic acids is 2. The minimum Gasteiger partial charge on any atom is -0.464 e. The van der Waals surface area contributed by atoms with Gasteiger partial charge < -0.3 is 19.3 Å². The van der Waals surface area contributed by atoms with Crippen LogP contribution in [0.4, 0.5) is 17.6 Å². The summed E-state index contributed by atoms with van der Waals surface area (Å²) in [5.41, 5.74) is -1.13. The van der Waals surface area contributed by atoms with Crippen LogP contribution in [0.2, 0.25) is 0 Å². The molecule has 6 atom stereocenters. The van der Waals surface area contributed by atoms with Crippen molar-refractivity contribution in [3.63, 3.8) is 0 Å². The van der Waals surface area contributed by atoms with E-state index in [1.807, 2.05) is 0 Å². The van der Waals surface area contributed by atoms with Crippen LogP contribution in [0, 0.1) is 23.7 Å². The van der Waals surface area contributed by atoms with Crippen LogP contribution in [-0.2, 0) is 33.9 Å². The molecule has 0 spiro atoms. The monoisotopic (exact) mass is 506 g/mol. The summed E-state index contributed by atoms with van der Waals surface area (Å²) in [6.45, 7) is 1.57. The average Bonchev–Trinajstić information content (AvgIpc) is 3.33. The molecular formula is C19H26F4O9S.